The van der Waals surface area contributed by atoms with E-state index in [4.69, 9.17) is 9.47 Å². The van der Waals surface area contributed by atoms with Gasteiger partial charge in [0.25, 0.3) is 5.69 Å². The van der Waals surface area contributed by atoms with Crippen molar-refractivity contribution in [2.75, 3.05) is 20.8 Å². The van der Waals surface area contributed by atoms with E-state index in [1.807, 2.05) is 0 Å². The predicted octanol–water partition coefficient (Wildman–Crippen LogP) is 2.07. The second kappa shape index (κ2) is 7.42. The second-order valence-corrected chi connectivity index (χ2v) is 4.48. The van der Waals surface area contributed by atoms with Crippen LogP contribution >= 0.6 is 15.9 Å². The summed E-state index contributed by atoms with van der Waals surface area (Å²) in [5.74, 6) is 0. The van der Waals surface area contributed by atoms with E-state index in [1.165, 1.54) is 20.3 Å². The molecule has 0 bridgehead atoms. The number of nitrogens with one attached hydrogen (secondary N) is 1. The summed E-state index contributed by atoms with van der Waals surface area (Å²) in [7, 11) is 3.08. The minimum Gasteiger partial charge on any atom is -0.355 e. The molecule has 0 spiro atoms. The third-order valence-electron chi connectivity index (χ3n) is 2.39. The fraction of sp³-hybridized carbons (Fsp3) is 0.455. The van der Waals surface area contributed by atoms with Crippen molar-refractivity contribution in [2.24, 2.45) is 0 Å². The van der Waals surface area contributed by atoms with Crippen LogP contribution in [0.1, 0.15) is 5.56 Å². The van der Waals surface area contributed by atoms with Crippen molar-refractivity contribution in [3.05, 3.63) is 38.3 Å². The zero-order valence-corrected chi connectivity index (χ0v) is 11.8. The van der Waals surface area contributed by atoms with Crippen molar-refractivity contribution in [3.63, 3.8) is 0 Å². The van der Waals surface area contributed by atoms with Gasteiger partial charge in [0.1, 0.15) is 0 Å². The molecule has 0 heterocycles. The highest BCUT2D eigenvalue weighted by molar-refractivity contribution is 9.10. The minimum atomic E-state index is -0.395. The second-order valence-electron chi connectivity index (χ2n) is 3.56. The molecule has 6 nitrogen and oxygen atoms in total. The lowest BCUT2D eigenvalue weighted by molar-refractivity contribution is -0.385. The van der Waals surface area contributed by atoms with Gasteiger partial charge in [-0.25, -0.2) is 0 Å². The van der Waals surface area contributed by atoms with Gasteiger partial charge in [-0.3, -0.25) is 10.1 Å². The van der Waals surface area contributed by atoms with Gasteiger partial charge in [0.05, 0.1) is 4.92 Å². The first-order valence-corrected chi connectivity index (χ1v) is 6.07. The van der Waals surface area contributed by atoms with Crippen LogP contribution in [0.5, 0.6) is 0 Å². The molecular weight excluding hydrogens is 304 g/mol. The number of nitro benzene ring substituents is 1. The fourth-order valence-electron chi connectivity index (χ4n) is 1.46. The van der Waals surface area contributed by atoms with E-state index in [0.29, 0.717) is 18.7 Å². The molecule has 0 atom stereocenters. The summed E-state index contributed by atoms with van der Waals surface area (Å²) in [5.41, 5.74) is 0.706. The lowest BCUT2D eigenvalue weighted by Crippen LogP contribution is -2.29. The molecule has 1 rings (SSSR count). The van der Waals surface area contributed by atoms with Crippen LogP contribution in [0.15, 0.2) is 22.7 Å². The summed E-state index contributed by atoms with van der Waals surface area (Å²) in [6.45, 7) is 0.829. The number of halogens is 1. The number of methoxy groups -OCH3 is 2. The number of hydrogen-bond donors (Lipinski definition) is 1. The largest absolute Gasteiger partial charge is 0.355 e. The van der Waals surface area contributed by atoms with Gasteiger partial charge in [-0.15, -0.1) is 0 Å². The molecule has 0 saturated heterocycles. The van der Waals surface area contributed by atoms with Crippen molar-refractivity contribution in [1.82, 2.24) is 5.32 Å². The average Bonchev–Trinajstić information content (AvgIpc) is 2.34. The van der Waals surface area contributed by atoms with Crippen LogP contribution in [0, 0.1) is 10.1 Å². The lowest BCUT2D eigenvalue weighted by Gasteiger charge is -2.14. The standard InChI is InChI=1S/C11H15BrN2O4/c1-17-11(18-2)7-13-6-8-5-9(12)3-4-10(8)14(15)16/h3-5,11,13H,6-7H2,1-2H3. The molecule has 0 radical (unpaired) electrons. The van der Waals surface area contributed by atoms with Gasteiger partial charge < -0.3 is 14.8 Å². The van der Waals surface area contributed by atoms with E-state index >= 15 is 0 Å². The number of rotatable bonds is 7. The molecule has 100 valence electrons. The minimum absolute atomic E-state index is 0.0945. The summed E-state index contributed by atoms with van der Waals surface area (Å²) in [6.07, 6.45) is -0.365. The third kappa shape index (κ3) is 4.34. The molecule has 1 aromatic rings. The third-order valence-corrected chi connectivity index (χ3v) is 2.88. The van der Waals surface area contributed by atoms with Crippen LogP contribution in [0.3, 0.4) is 0 Å². The molecule has 0 amide bonds. The number of hydrogen-bond acceptors (Lipinski definition) is 5. The van der Waals surface area contributed by atoms with Gasteiger partial charge in [0, 0.05) is 43.4 Å². The van der Waals surface area contributed by atoms with Crippen LogP contribution in [0.4, 0.5) is 5.69 Å². The van der Waals surface area contributed by atoms with Crippen molar-refractivity contribution in [2.45, 2.75) is 12.8 Å². The molecule has 0 unspecified atom stereocenters. The molecule has 0 saturated carbocycles. The summed E-state index contributed by atoms with van der Waals surface area (Å²) in [4.78, 5) is 10.5. The molecule has 1 N–H and O–H groups in total. The highest BCUT2D eigenvalue weighted by atomic mass is 79.9. The van der Waals surface area contributed by atoms with Gasteiger partial charge in [0.15, 0.2) is 6.29 Å². The molecule has 0 aliphatic rings. The maximum atomic E-state index is 10.9. The van der Waals surface area contributed by atoms with Gasteiger partial charge >= 0.3 is 0 Å². The first kappa shape index (κ1) is 15.0. The molecule has 0 aliphatic carbocycles. The van der Waals surface area contributed by atoms with Crippen LogP contribution in [-0.2, 0) is 16.0 Å². The summed E-state index contributed by atoms with van der Waals surface area (Å²) >= 11 is 3.29. The Morgan fingerprint density at radius 2 is 2.11 bits per heavy atom. The average molecular weight is 319 g/mol. The van der Waals surface area contributed by atoms with E-state index in [1.54, 1.807) is 12.1 Å². The number of nitrogens with zero attached hydrogens (tertiary/aromatic N) is 1. The van der Waals surface area contributed by atoms with E-state index in [2.05, 4.69) is 21.2 Å². The molecule has 1 aromatic carbocycles. The summed E-state index contributed by atoms with van der Waals surface area (Å²) in [5, 5.41) is 13.9. The number of benzene rings is 1. The van der Waals surface area contributed by atoms with E-state index in [-0.39, 0.29) is 12.0 Å². The zero-order chi connectivity index (χ0) is 13.5. The summed E-state index contributed by atoms with van der Waals surface area (Å²) < 4.78 is 10.8. The van der Waals surface area contributed by atoms with Crippen LogP contribution in [0.25, 0.3) is 0 Å². The first-order valence-electron chi connectivity index (χ1n) is 5.27. The molecular formula is C11H15BrN2O4. The molecule has 0 aromatic heterocycles. The van der Waals surface area contributed by atoms with Crippen LogP contribution in [-0.4, -0.2) is 32.0 Å². The number of ether oxygens (including phenoxy) is 2. The molecule has 0 aliphatic heterocycles. The zero-order valence-electron chi connectivity index (χ0n) is 10.2. The highest BCUT2D eigenvalue weighted by Gasteiger charge is 2.14. The predicted molar refractivity (Wildman–Crippen MR) is 70.3 cm³/mol. The van der Waals surface area contributed by atoms with Gasteiger partial charge in [0.2, 0.25) is 0 Å². The topological polar surface area (TPSA) is 73.6 Å². The van der Waals surface area contributed by atoms with Gasteiger partial charge in [-0.2, -0.15) is 0 Å². The Morgan fingerprint density at radius 1 is 1.44 bits per heavy atom. The highest BCUT2D eigenvalue weighted by Crippen LogP contribution is 2.22. The maximum Gasteiger partial charge on any atom is 0.273 e. The fourth-order valence-corrected chi connectivity index (χ4v) is 1.87. The van der Waals surface area contributed by atoms with Gasteiger partial charge in [-0.1, -0.05) is 15.9 Å². The van der Waals surface area contributed by atoms with E-state index in [9.17, 15) is 10.1 Å². The Labute approximate surface area is 114 Å². The molecule has 18 heavy (non-hydrogen) atoms. The van der Waals surface area contributed by atoms with Crippen LogP contribution in [0.2, 0.25) is 0 Å². The normalized spacial score (nSPS) is 10.9. The quantitative estimate of drug-likeness (QED) is 0.473. The Morgan fingerprint density at radius 3 is 2.67 bits per heavy atom. The first-order chi connectivity index (χ1) is 8.58. The monoisotopic (exact) mass is 318 g/mol. The molecule has 0 fully saturated rings. The Hall–Kier alpha value is -1.02. The SMILES string of the molecule is COC(CNCc1cc(Br)ccc1[N+](=O)[O-])OC. The van der Waals surface area contributed by atoms with Crippen LogP contribution < -0.4 is 5.32 Å². The smallest absolute Gasteiger partial charge is 0.273 e. The summed E-state index contributed by atoms with van der Waals surface area (Å²) in [6, 6.07) is 4.85. The Balaban J connectivity index is 2.66. The van der Waals surface area contributed by atoms with Gasteiger partial charge in [-0.05, 0) is 12.1 Å². The van der Waals surface area contributed by atoms with Crippen molar-refractivity contribution < 1.29 is 14.4 Å². The Kier molecular flexibility index (Phi) is 6.20. The van der Waals surface area contributed by atoms with Crippen molar-refractivity contribution >= 4 is 21.6 Å². The van der Waals surface area contributed by atoms with E-state index in [0.717, 1.165) is 4.47 Å². The van der Waals surface area contributed by atoms with Crippen molar-refractivity contribution in [1.29, 1.82) is 0 Å². The maximum absolute atomic E-state index is 10.9. The lowest BCUT2D eigenvalue weighted by atomic mass is 10.2. The van der Waals surface area contributed by atoms with E-state index < -0.39 is 4.92 Å². The number of nitro groups is 1. The Bertz CT molecular complexity index is 410. The van der Waals surface area contributed by atoms with Crippen molar-refractivity contribution in [3.8, 4) is 0 Å². The molecule has 7 heteroatoms.